The number of hydrogen-bond acceptors (Lipinski definition) is 4. The van der Waals surface area contributed by atoms with Crippen LogP contribution in [0.25, 0.3) is 0 Å². The number of benzene rings is 1. The highest BCUT2D eigenvalue weighted by Crippen LogP contribution is 2.26. The second-order valence-corrected chi connectivity index (χ2v) is 6.43. The molecular formula is C18H22FN5O. The first kappa shape index (κ1) is 17.1. The lowest BCUT2D eigenvalue weighted by atomic mass is 10.0. The zero-order valence-electron chi connectivity index (χ0n) is 14.7. The van der Waals surface area contributed by atoms with Gasteiger partial charge in [-0.15, -0.1) is 0 Å². The average Bonchev–Trinajstić information content (AvgIpc) is 2.60. The minimum absolute atomic E-state index is 0.170. The lowest BCUT2D eigenvalue weighted by molar-refractivity contribution is 0.188. The van der Waals surface area contributed by atoms with Gasteiger partial charge in [0.2, 0.25) is 0 Å². The maximum Gasteiger partial charge on any atom is 0.318 e. The van der Waals surface area contributed by atoms with Gasteiger partial charge >= 0.3 is 6.03 Å². The van der Waals surface area contributed by atoms with Gasteiger partial charge in [0.05, 0.1) is 18.3 Å². The first-order chi connectivity index (χ1) is 12.0. The number of nitrogens with one attached hydrogen (secondary N) is 1. The Bertz CT molecular complexity index is 780. The largest absolute Gasteiger partial charge is 0.377 e. The quantitative estimate of drug-likeness (QED) is 0.930. The number of aromatic nitrogens is 2. The Labute approximate surface area is 146 Å². The van der Waals surface area contributed by atoms with E-state index < -0.39 is 0 Å². The van der Waals surface area contributed by atoms with Crippen molar-refractivity contribution in [2.45, 2.75) is 25.9 Å². The molecule has 1 N–H and O–H groups in total. The van der Waals surface area contributed by atoms with Crippen molar-refractivity contribution in [2.24, 2.45) is 0 Å². The highest BCUT2D eigenvalue weighted by atomic mass is 19.1. The fourth-order valence-electron chi connectivity index (χ4n) is 3.07. The smallest absolute Gasteiger partial charge is 0.318 e. The van der Waals surface area contributed by atoms with Crippen LogP contribution in [0.3, 0.4) is 0 Å². The number of nitrogens with zero attached hydrogens (tertiary/aromatic N) is 4. The molecule has 0 bridgehead atoms. The standard InChI is InChI=1S/C18H22FN5O/c1-12(15-8-14(19)4-5-17(15)23(2)3)22-18(25)24-7-6-16-13(10-24)9-20-11-21-16/h4-5,8-9,11-12H,6-7,10H2,1-3H3,(H,22,25). The molecule has 0 spiro atoms. The molecular weight excluding hydrogens is 321 g/mol. The van der Waals surface area contributed by atoms with Crippen LogP contribution in [0.4, 0.5) is 14.9 Å². The molecule has 1 aromatic heterocycles. The molecule has 2 heterocycles. The monoisotopic (exact) mass is 343 g/mol. The predicted molar refractivity (Wildman–Crippen MR) is 93.8 cm³/mol. The first-order valence-corrected chi connectivity index (χ1v) is 8.25. The fraction of sp³-hybridized carbons (Fsp3) is 0.389. The molecule has 0 fully saturated rings. The van der Waals surface area contributed by atoms with Crippen molar-refractivity contribution in [3.63, 3.8) is 0 Å². The number of halogens is 1. The van der Waals surface area contributed by atoms with E-state index in [1.165, 1.54) is 18.5 Å². The zero-order chi connectivity index (χ0) is 18.0. The van der Waals surface area contributed by atoms with Crippen LogP contribution >= 0.6 is 0 Å². The van der Waals surface area contributed by atoms with E-state index in [-0.39, 0.29) is 17.9 Å². The summed E-state index contributed by atoms with van der Waals surface area (Å²) < 4.78 is 13.7. The van der Waals surface area contributed by atoms with Crippen molar-refractivity contribution < 1.29 is 9.18 Å². The molecule has 1 aliphatic heterocycles. The highest BCUT2D eigenvalue weighted by Gasteiger charge is 2.23. The van der Waals surface area contributed by atoms with Crippen molar-refractivity contribution >= 4 is 11.7 Å². The predicted octanol–water partition coefficient (Wildman–Crippen LogP) is 2.51. The van der Waals surface area contributed by atoms with Crippen molar-refractivity contribution in [1.29, 1.82) is 0 Å². The highest BCUT2D eigenvalue weighted by molar-refractivity contribution is 5.75. The number of hydrogen-bond donors (Lipinski definition) is 1. The molecule has 2 aromatic rings. The van der Waals surface area contributed by atoms with Crippen LogP contribution in [0.15, 0.2) is 30.7 Å². The average molecular weight is 343 g/mol. The van der Waals surface area contributed by atoms with E-state index in [9.17, 15) is 9.18 Å². The van der Waals surface area contributed by atoms with E-state index in [2.05, 4.69) is 15.3 Å². The summed E-state index contributed by atoms with van der Waals surface area (Å²) >= 11 is 0. The number of amides is 2. The molecule has 1 aromatic carbocycles. The van der Waals surface area contributed by atoms with Gasteiger partial charge in [0.15, 0.2) is 0 Å². The van der Waals surface area contributed by atoms with Crippen molar-refractivity contribution in [3.05, 3.63) is 53.4 Å². The third-order valence-corrected chi connectivity index (χ3v) is 4.43. The van der Waals surface area contributed by atoms with Crippen LogP contribution < -0.4 is 10.2 Å². The lowest BCUT2D eigenvalue weighted by Crippen LogP contribution is -2.44. The van der Waals surface area contributed by atoms with E-state index in [4.69, 9.17) is 0 Å². The summed E-state index contributed by atoms with van der Waals surface area (Å²) in [6.07, 6.45) is 3.99. The Kier molecular flexibility index (Phi) is 4.83. The normalized spacial score (nSPS) is 14.6. The topological polar surface area (TPSA) is 61.4 Å². The third kappa shape index (κ3) is 3.70. The summed E-state index contributed by atoms with van der Waals surface area (Å²) in [4.78, 5) is 24.5. The maximum absolute atomic E-state index is 13.7. The van der Waals surface area contributed by atoms with E-state index in [0.29, 0.717) is 19.5 Å². The second kappa shape index (κ2) is 7.04. The molecule has 25 heavy (non-hydrogen) atoms. The van der Waals surface area contributed by atoms with Gasteiger partial charge in [0.25, 0.3) is 0 Å². The molecule has 0 radical (unpaired) electrons. The van der Waals surface area contributed by atoms with Gasteiger partial charge in [-0.25, -0.2) is 19.2 Å². The zero-order valence-corrected chi connectivity index (χ0v) is 14.7. The summed E-state index contributed by atoms with van der Waals surface area (Å²) in [5.41, 5.74) is 3.59. The molecule has 1 atom stereocenters. The molecule has 1 aliphatic rings. The Morgan fingerprint density at radius 1 is 1.40 bits per heavy atom. The van der Waals surface area contributed by atoms with Gasteiger partial charge in [-0.2, -0.15) is 0 Å². The molecule has 0 saturated carbocycles. The molecule has 2 amide bonds. The third-order valence-electron chi connectivity index (χ3n) is 4.43. The Hall–Kier alpha value is -2.70. The van der Waals surface area contributed by atoms with Crippen LogP contribution in [0.1, 0.15) is 29.8 Å². The van der Waals surface area contributed by atoms with Crippen LogP contribution in [-0.2, 0) is 13.0 Å². The summed E-state index contributed by atoms with van der Waals surface area (Å²) in [6.45, 7) is 2.95. The number of fused-ring (bicyclic) bond motifs is 1. The second-order valence-electron chi connectivity index (χ2n) is 6.43. The van der Waals surface area contributed by atoms with Crippen LogP contribution in [0.2, 0.25) is 0 Å². The molecule has 0 saturated heterocycles. The first-order valence-electron chi connectivity index (χ1n) is 8.25. The summed E-state index contributed by atoms with van der Waals surface area (Å²) in [5.74, 6) is -0.314. The lowest BCUT2D eigenvalue weighted by Gasteiger charge is -2.30. The van der Waals surface area contributed by atoms with Crippen molar-refractivity contribution in [3.8, 4) is 0 Å². The van der Waals surface area contributed by atoms with Crippen molar-refractivity contribution in [1.82, 2.24) is 20.2 Å². The number of carbonyl (C=O) groups is 1. The van der Waals surface area contributed by atoms with Gasteiger partial charge in [-0.1, -0.05) is 0 Å². The SMILES string of the molecule is CC(NC(=O)N1CCc2ncncc2C1)c1cc(F)ccc1N(C)C. The van der Waals surface area contributed by atoms with E-state index in [0.717, 1.165) is 22.5 Å². The van der Waals surface area contributed by atoms with Crippen molar-refractivity contribution in [2.75, 3.05) is 25.5 Å². The van der Waals surface area contributed by atoms with Crippen LogP contribution in [0.5, 0.6) is 0 Å². The number of anilines is 1. The number of carbonyl (C=O) groups excluding carboxylic acids is 1. The van der Waals surface area contributed by atoms with E-state index in [1.54, 1.807) is 17.2 Å². The van der Waals surface area contributed by atoms with Gasteiger partial charge in [0, 0.05) is 50.1 Å². The number of rotatable bonds is 3. The molecule has 6 nitrogen and oxygen atoms in total. The minimum atomic E-state index is -0.314. The Balaban J connectivity index is 1.73. The molecule has 132 valence electrons. The summed E-state index contributed by atoms with van der Waals surface area (Å²) in [7, 11) is 3.79. The molecule has 7 heteroatoms. The molecule has 3 rings (SSSR count). The number of urea groups is 1. The molecule has 1 unspecified atom stereocenters. The van der Waals surface area contributed by atoms with Gasteiger partial charge in [-0.3, -0.25) is 0 Å². The van der Waals surface area contributed by atoms with Crippen LogP contribution in [-0.4, -0.2) is 41.5 Å². The minimum Gasteiger partial charge on any atom is -0.377 e. The Morgan fingerprint density at radius 3 is 2.96 bits per heavy atom. The fourth-order valence-corrected chi connectivity index (χ4v) is 3.07. The van der Waals surface area contributed by atoms with Gasteiger partial charge in [-0.05, 0) is 25.1 Å². The van der Waals surface area contributed by atoms with E-state index >= 15 is 0 Å². The maximum atomic E-state index is 13.7. The summed E-state index contributed by atoms with van der Waals surface area (Å²) in [5, 5.41) is 2.97. The summed E-state index contributed by atoms with van der Waals surface area (Å²) in [6, 6.07) is 4.14. The van der Waals surface area contributed by atoms with Crippen LogP contribution in [0, 0.1) is 5.82 Å². The van der Waals surface area contributed by atoms with Gasteiger partial charge in [0.1, 0.15) is 12.1 Å². The van der Waals surface area contributed by atoms with Gasteiger partial charge < -0.3 is 15.1 Å². The van der Waals surface area contributed by atoms with E-state index in [1.807, 2.05) is 25.9 Å². The Morgan fingerprint density at radius 2 is 2.20 bits per heavy atom. The molecule has 0 aliphatic carbocycles.